The lowest BCUT2D eigenvalue weighted by Crippen LogP contribution is -2.28. The highest BCUT2D eigenvalue weighted by Gasteiger charge is 2.16. The Kier molecular flexibility index (Phi) is 6.64. The molecule has 0 aliphatic rings. The summed E-state index contributed by atoms with van der Waals surface area (Å²) < 4.78 is 13.0. The van der Waals surface area contributed by atoms with Crippen molar-refractivity contribution in [2.45, 2.75) is 29.8 Å². The Morgan fingerprint density at radius 1 is 1.12 bits per heavy atom. The molecule has 0 fully saturated rings. The van der Waals surface area contributed by atoms with Crippen LogP contribution >= 0.6 is 11.8 Å². The van der Waals surface area contributed by atoms with Crippen LogP contribution in [0.5, 0.6) is 11.5 Å². The maximum Gasteiger partial charge on any atom is 0.350 e. The van der Waals surface area contributed by atoms with Crippen molar-refractivity contribution in [3.05, 3.63) is 70.9 Å². The van der Waals surface area contributed by atoms with E-state index in [1.165, 1.54) is 35.9 Å². The van der Waals surface area contributed by atoms with Crippen molar-refractivity contribution in [1.29, 1.82) is 0 Å². The van der Waals surface area contributed by atoms with E-state index in [0.29, 0.717) is 27.9 Å². The molecule has 2 aromatic carbocycles. The molecule has 2 heterocycles. The summed E-state index contributed by atoms with van der Waals surface area (Å²) >= 11 is 1.45. The second-order valence-electron chi connectivity index (χ2n) is 7.05. The Hall–Kier alpha value is -3.79. The van der Waals surface area contributed by atoms with E-state index in [1.54, 1.807) is 30.6 Å². The van der Waals surface area contributed by atoms with E-state index in [2.05, 4.69) is 28.4 Å². The van der Waals surface area contributed by atoms with Gasteiger partial charge in [-0.2, -0.15) is 0 Å². The normalized spacial score (nSPS) is 10.9. The molecule has 0 bridgehead atoms. The van der Waals surface area contributed by atoms with Gasteiger partial charge in [0, 0.05) is 29.0 Å². The Bertz CT molecular complexity index is 1360. The fourth-order valence-corrected chi connectivity index (χ4v) is 4.39. The van der Waals surface area contributed by atoms with Crippen molar-refractivity contribution >= 4 is 29.0 Å². The molecular formula is C23H23N5O4S. The smallest absolute Gasteiger partial charge is 0.350 e. The first kappa shape index (κ1) is 22.4. The van der Waals surface area contributed by atoms with Gasteiger partial charge < -0.3 is 14.8 Å². The van der Waals surface area contributed by atoms with Crippen molar-refractivity contribution in [2.75, 3.05) is 19.5 Å². The van der Waals surface area contributed by atoms with Gasteiger partial charge in [0.2, 0.25) is 5.91 Å². The fourth-order valence-electron chi connectivity index (χ4n) is 3.35. The van der Waals surface area contributed by atoms with Crippen LogP contribution < -0.4 is 20.5 Å². The minimum atomic E-state index is -0.416. The molecule has 0 aliphatic carbocycles. The predicted molar refractivity (Wildman–Crippen MR) is 125 cm³/mol. The second kappa shape index (κ2) is 9.78. The van der Waals surface area contributed by atoms with Gasteiger partial charge in [-0.25, -0.2) is 18.9 Å². The number of benzene rings is 2. The number of hydrogen-bond acceptors (Lipinski definition) is 7. The van der Waals surface area contributed by atoms with E-state index < -0.39 is 11.6 Å². The Labute approximate surface area is 194 Å². The van der Waals surface area contributed by atoms with Crippen molar-refractivity contribution in [3.63, 3.8) is 0 Å². The third-order valence-corrected chi connectivity index (χ3v) is 6.09. The van der Waals surface area contributed by atoms with Gasteiger partial charge in [-0.15, -0.1) is 5.10 Å². The summed E-state index contributed by atoms with van der Waals surface area (Å²) in [7, 11) is 3.05. The van der Waals surface area contributed by atoms with Gasteiger partial charge in [-0.3, -0.25) is 4.79 Å². The van der Waals surface area contributed by atoms with Gasteiger partial charge in [-0.1, -0.05) is 36.9 Å². The number of aryl methyl sites for hydroxylation is 1. The number of carbonyl (C=O) groups is 1. The zero-order chi connectivity index (χ0) is 23.4. The molecule has 0 unspecified atom stereocenters. The summed E-state index contributed by atoms with van der Waals surface area (Å²) in [4.78, 5) is 30.9. The van der Waals surface area contributed by atoms with Gasteiger partial charge in [0.05, 0.1) is 14.2 Å². The summed E-state index contributed by atoms with van der Waals surface area (Å²) in [6.45, 7) is 1.84. The summed E-state index contributed by atoms with van der Waals surface area (Å²) in [6.07, 6.45) is 3.98. The van der Waals surface area contributed by atoms with Crippen molar-refractivity contribution in [1.82, 2.24) is 19.2 Å². The number of carbonyl (C=O) groups excluding carboxylic acids is 1. The van der Waals surface area contributed by atoms with Gasteiger partial charge in [-0.05, 0) is 30.2 Å². The molecule has 0 atom stereocenters. The average molecular weight is 466 g/mol. The lowest BCUT2D eigenvalue weighted by molar-refractivity contribution is -0.117. The van der Waals surface area contributed by atoms with Crippen LogP contribution in [0.1, 0.15) is 12.5 Å². The lowest BCUT2D eigenvalue weighted by atomic mass is 10.2. The first-order valence-corrected chi connectivity index (χ1v) is 11.1. The van der Waals surface area contributed by atoms with Crippen LogP contribution in [0.25, 0.3) is 5.65 Å². The van der Waals surface area contributed by atoms with E-state index in [-0.39, 0.29) is 6.54 Å². The van der Waals surface area contributed by atoms with Crippen molar-refractivity contribution in [2.24, 2.45) is 0 Å². The van der Waals surface area contributed by atoms with Crippen molar-refractivity contribution in [3.8, 4) is 11.5 Å². The lowest BCUT2D eigenvalue weighted by Gasteiger charge is -2.10. The SMILES string of the molecule is CCc1ccccc1Sc1nccn2c(=O)n(CC(=O)Nc3ccc(OC)c(OC)c3)nc12. The van der Waals surface area contributed by atoms with E-state index in [0.717, 1.165) is 16.0 Å². The standard InChI is InChI=1S/C23H23N5O4S/c1-4-15-7-5-6-8-19(15)33-22-21-26-28(23(30)27(21)12-11-24-22)14-20(29)25-16-9-10-17(31-2)18(13-16)32-3/h5-13H,4,14H2,1-3H3,(H,25,29). The van der Waals surface area contributed by atoms with Crippen LogP contribution in [0.3, 0.4) is 0 Å². The first-order valence-electron chi connectivity index (χ1n) is 10.3. The molecule has 33 heavy (non-hydrogen) atoms. The number of aromatic nitrogens is 4. The fraction of sp³-hybridized carbons (Fsp3) is 0.217. The van der Waals surface area contributed by atoms with E-state index in [1.807, 2.05) is 18.2 Å². The zero-order valence-electron chi connectivity index (χ0n) is 18.4. The molecule has 0 saturated heterocycles. The molecule has 2 aromatic heterocycles. The Balaban J connectivity index is 1.58. The maximum absolute atomic E-state index is 12.8. The number of nitrogens with zero attached hydrogens (tertiary/aromatic N) is 4. The number of anilines is 1. The highest BCUT2D eigenvalue weighted by atomic mass is 32.2. The quantitative estimate of drug-likeness (QED) is 0.426. The maximum atomic E-state index is 12.8. The summed E-state index contributed by atoms with van der Waals surface area (Å²) in [5, 5.41) is 7.73. The minimum Gasteiger partial charge on any atom is -0.493 e. The molecule has 0 radical (unpaired) electrons. The van der Waals surface area contributed by atoms with E-state index in [9.17, 15) is 9.59 Å². The van der Waals surface area contributed by atoms with Gasteiger partial charge >= 0.3 is 5.69 Å². The number of ether oxygens (including phenoxy) is 2. The monoisotopic (exact) mass is 465 g/mol. The molecule has 4 rings (SSSR count). The highest BCUT2D eigenvalue weighted by Crippen LogP contribution is 2.31. The average Bonchev–Trinajstić information content (AvgIpc) is 3.15. The van der Waals surface area contributed by atoms with Crippen LogP contribution in [-0.2, 0) is 17.8 Å². The first-order chi connectivity index (χ1) is 16.0. The van der Waals surface area contributed by atoms with E-state index >= 15 is 0 Å². The van der Waals surface area contributed by atoms with Crippen LogP contribution in [0.15, 0.2) is 69.6 Å². The van der Waals surface area contributed by atoms with Gasteiger partial charge in [0.15, 0.2) is 17.1 Å². The Morgan fingerprint density at radius 3 is 2.67 bits per heavy atom. The number of nitrogens with one attached hydrogen (secondary N) is 1. The predicted octanol–water partition coefficient (Wildman–Crippen LogP) is 3.26. The van der Waals surface area contributed by atoms with Crippen LogP contribution in [0.4, 0.5) is 5.69 Å². The van der Waals surface area contributed by atoms with Crippen LogP contribution in [0, 0.1) is 0 Å². The second-order valence-corrected chi connectivity index (χ2v) is 8.08. The molecule has 0 spiro atoms. The minimum absolute atomic E-state index is 0.246. The largest absolute Gasteiger partial charge is 0.493 e. The molecular weight excluding hydrogens is 442 g/mol. The number of hydrogen-bond donors (Lipinski definition) is 1. The number of amides is 1. The summed E-state index contributed by atoms with van der Waals surface area (Å²) in [6, 6.07) is 13.1. The molecule has 170 valence electrons. The van der Waals surface area contributed by atoms with E-state index in [4.69, 9.17) is 9.47 Å². The van der Waals surface area contributed by atoms with Gasteiger partial charge in [0.25, 0.3) is 0 Å². The number of methoxy groups -OCH3 is 2. The topological polar surface area (TPSA) is 99.8 Å². The molecule has 4 aromatic rings. The molecule has 1 N–H and O–H groups in total. The molecule has 9 nitrogen and oxygen atoms in total. The van der Waals surface area contributed by atoms with Crippen molar-refractivity contribution < 1.29 is 14.3 Å². The summed E-state index contributed by atoms with van der Waals surface area (Å²) in [5.74, 6) is 0.640. The third-order valence-electron chi connectivity index (χ3n) is 4.99. The number of rotatable bonds is 8. The molecule has 0 saturated carbocycles. The zero-order valence-corrected chi connectivity index (χ0v) is 19.3. The summed E-state index contributed by atoms with van der Waals surface area (Å²) in [5.41, 5.74) is 1.68. The van der Waals surface area contributed by atoms with Gasteiger partial charge in [0.1, 0.15) is 11.6 Å². The van der Waals surface area contributed by atoms with Crippen LogP contribution in [0.2, 0.25) is 0 Å². The molecule has 10 heteroatoms. The Morgan fingerprint density at radius 2 is 1.91 bits per heavy atom. The van der Waals surface area contributed by atoms with Crippen LogP contribution in [-0.4, -0.2) is 39.3 Å². The molecule has 0 aliphatic heterocycles. The highest BCUT2D eigenvalue weighted by molar-refractivity contribution is 7.99. The molecule has 1 amide bonds. The number of fused-ring (bicyclic) bond motifs is 1. The third kappa shape index (κ3) is 4.70.